The number of hydrogen-bond donors (Lipinski definition) is 1. The summed E-state index contributed by atoms with van der Waals surface area (Å²) in [6.07, 6.45) is 9.49. The average Bonchev–Trinajstić information content (AvgIpc) is 3.17. The zero-order valence-electron chi connectivity index (χ0n) is 12.2. The third kappa shape index (κ3) is 2.87. The number of H-pyrrole nitrogens is 1. The lowest BCUT2D eigenvalue weighted by atomic mass is 9.86. The van der Waals surface area contributed by atoms with Gasteiger partial charge in [0, 0.05) is 32.9 Å². The Labute approximate surface area is 124 Å². The standard InChI is InChI=1S/C15H21N3O3/c1-20-13-10-18(7-6-15(13)5-2-8-21-15)14(19)4-3-12-9-16-11-17-12/h3-4,9,11,13H,2,5-8,10H2,1H3,(H,16,17)/b4-3+/t13-,15-/m0/s1. The number of aromatic nitrogens is 2. The Balaban J connectivity index is 1.63. The summed E-state index contributed by atoms with van der Waals surface area (Å²) >= 11 is 0. The molecule has 1 spiro atoms. The van der Waals surface area contributed by atoms with Crippen molar-refractivity contribution in [3.8, 4) is 0 Å². The minimum atomic E-state index is -0.182. The number of nitrogens with zero attached hydrogens (tertiary/aromatic N) is 2. The van der Waals surface area contributed by atoms with Gasteiger partial charge in [0.05, 0.1) is 23.8 Å². The van der Waals surface area contributed by atoms with Crippen LogP contribution in [-0.2, 0) is 14.3 Å². The van der Waals surface area contributed by atoms with Crippen molar-refractivity contribution >= 4 is 12.0 Å². The zero-order valence-corrected chi connectivity index (χ0v) is 12.2. The summed E-state index contributed by atoms with van der Waals surface area (Å²) in [5.41, 5.74) is 0.637. The van der Waals surface area contributed by atoms with Crippen LogP contribution >= 0.6 is 0 Å². The number of rotatable bonds is 3. The van der Waals surface area contributed by atoms with Crippen LogP contribution in [0, 0.1) is 0 Å². The van der Waals surface area contributed by atoms with E-state index in [9.17, 15) is 4.79 Å². The van der Waals surface area contributed by atoms with Gasteiger partial charge in [-0.15, -0.1) is 0 Å². The van der Waals surface area contributed by atoms with E-state index in [0.29, 0.717) is 13.1 Å². The second-order valence-electron chi connectivity index (χ2n) is 5.62. The monoisotopic (exact) mass is 291 g/mol. The van der Waals surface area contributed by atoms with E-state index in [4.69, 9.17) is 9.47 Å². The number of likely N-dealkylation sites (tertiary alicyclic amines) is 1. The van der Waals surface area contributed by atoms with Gasteiger partial charge in [0.15, 0.2) is 0 Å². The molecule has 2 saturated heterocycles. The van der Waals surface area contributed by atoms with E-state index in [1.165, 1.54) is 0 Å². The van der Waals surface area contributed by atoms with Crippen molar-refractivity contribution in [3.05, 3.63) is 24.3 Å². The zero-order chi connectivity index (χ0) is 14.7. The fourth-order valence-electron chi connectivity index (χ4n) is 3.23. The molecule has 2 atom stereocenters. The second-order valence-corrected chi connectivity index (χ2v) is 5.62. The van der Waals surface area contributed by atoms with Crippen LogP contribution in [0.25, 0.3) is 6.08 Å². The van der Waals surface area contributed by atoms with Crippen LogP contribution in [0.15, 0.2) is 18.6 Å². The number of nitrogens with one attached hydrogen (secondary N) is 1. The van der Waals surface area contributed by atoms with Crippen molar-refractivity contribution < 1.29 is 14.3 Å². The first-order valence-corrected chi connectivity index (χ1v) is 7.36. The molecule has 3 heterocycles. The Morgan fingerprint density at radius 3 is 3.19 bits per heavy atom. The molecule has 2 aliphatic heterocycles. The molecule has 0 aromatic carbocycles. The van der Waals surface area contributed by atoms with Crippen LogP contribution in [0.2, 0.25) is 0 Å². The molecule has 0 radical (unpaired) electrons. The lowest BCUT2D eigenvalue weighted by Gasteiger charge is -2.44. The molecule has 2 aliphatic rings. The van der Waals surface area contributed by atoms with Crippen LogP contribution in [-0.4, -0.2) is 59.3 Å². The summed E-state index contributed by atoms with van der Waals surface area (Å²) in [4.78, 5) is 21.0. The summed E-state index contributed by atoms with van der Waals surface area (Å²) in [5.74, 6) is -0.000466. The number of methoxy groups -OCH3 is 1. The third-order valence-corrected chi connectivity index (χ3v) is 4.43. The molecule has 6 heteroatoms. The first kappa shape index (κ1) is 14.3. The smallest absolute Gasteiger partial charge is 0.246 e. The van der Waals surface area contributed by atoms with Gasteiger partial charge in [0.25, 0.3) is 0 Å². The van der Waals surface area contributed by atoms with Crippen LogP contribution in [0.3, 0.4) is 0 Å². The molecule has 6 nitrogen and oxygen atoms in total. The maximum Gasteiger partial charge on any atom is 0.246 e. The molecule has 2 fully saturated rings. The van der Waals surface area contributed by atoms with E-state index in [2.05, 4.69) is 9.97 Å². The molecule has 21 heavy (non-hydrogen) atoms. The summed E-state index contributed by atoms with van der Waals surface area (Å²) in [7, 11) is 1.70. The minimum Gasteiger partial charge on any atom is -0.377 e. The Bertz CT molecular complexity index is 506. The molecule has 3 rings (SSSR count). The first-order valence-electron chi connectivity index (χ1n) is 7.36. The molecule has 1 aromatic heterocycles. The number of piperidine rings is 1. The Morgan fingerprint density at radius 1 is 1.62 bits per heavy atom. The molecule has 114 valence electrons. The molecule has 1 amide bonds. The predicted octanol–water partition coefficient (Wildman–Crippen LogP) is 1.22. The van der Waals surface area contributed by atoms with Gasteiger partial charge in [-0.3, -0.25) is 4.79 Å². The Kier molecular flexibility index (Phi) is 4.07. The number of hydrogen-bond acceptors (Lipinski definition) is 4. The minimum absolute atomic E-state index is 0.000466. The lowest BCUT2D eigenvalue weighted by Crippen LogP contribution is -2.57. The highest BCUT2D eigenvalue weighted by atomic mass is 16.5. The fourth-order valence-corrected chi connectivity index (χ4v) is 3.23. The van der Waals surface area contributed by atoms with Crippen molar-refractivity contribution in [1.29, 1.82) is 0 Å². The number of aromatic amines is 1. The number of imidazole rings is 1. The van der Waals surface area contributed by atoms with E-state index in [-0.39, 0.29) is 17.6 Å². The van der Waals surface area contributed by atoms with Crippen LogP contribution in [0.1, 0.15) is 25.0 Å². The van der Waals surface area contributed by atoms with Gasteiger partial charge in [-0.1, -0.05) is 0 Å². The van der Waals surface area contributed by atoms with E-state index in [1.54, 1.807) is 31.8 Å². The van der Waals surface area contributed by atoms with Crippen molar-refractivity contribution in [2.24, 2.45) is 0 Å². The lowest BCUT2D eigenvalue weighted by molar-refractivity contribution is -0.155. The van der Waals surface area contributed by atoms with E-state index in [0.717, 1.165) is 31.6 Å². The van der Waals surface area contributed by atoms with Gasteiger partial charge in [0.1, 0.15) is 6.10 Å². The largest absolute Gasteiger partial charge is 0.377 e. The summed E-state index contributed by atoms with van der Waals surface area (Å²) in [6, 6.07) is 0. The third-order valence-electron chi connectivity index (χ3n) is 4.43. The topological polar surface area (TPSA) is 67.5 Å². The highest BCUT2D eigenvalue weighted by Gasteiger charge is 2.47. The van der Waals surface area contributed by atoms with Crippen LogP contribution in [0.4, 0.5) is 0 Å². The molecular weight excluding hydrogens is 270 g/mol. The van der Waals surface area contributed by atoms with Gasteiger partial charge < -0.3 is 19.4 Å². The number of carbonyl (C=O) groups excluding carboxylic acids is 1. The van der Waals surface area contributed by atoms with Gasteiger partial charge in [-0.05, 0) is 25.3 Å². The van der Waals surface area contributed by atoms with Crippen LogP contribution < -0.4 is 0 Å². The summed E-state index contributed by atoms with van der Waals surface area (Å²) < 4.78 is 11.5. The molecule has 0 saturated carbocycles. The average molecular weight is 291 g/mol. The van der Waals surface area contributed by atoms with Gasteiger partial charge in [-0.2, -0.15) is 0 Å². The maximum atomic E-state index is 12.3. The number of amides is 1. The van der Waals surface area contributed by atoms with Crippen molar-refractivity contribution in [3.63, 3.8) is 0 Å². The van der Waals surface area contributed by atoms with Crippen molar-refractivity contribution in [2.75, 3.05) is 26.8 Å². The molecule has 0 unspecified atom stereocenters. The second kappa shape index (κ2) is 5.99. The fraction of sp³-hybridized carbons (Fsp3) is 0.600. The quantitative estimate of drug-likeness (QED) is 0.850. The highest BCUT2D eigenvalue weighted by molar-refractivity contribution is 5.91. The first-order chi connectivity index (χ1) is 10.2. The summed E-state index contributed by atoms with van der Waals surface area (Å²) in [5, 5.41) is 0. The Morgan fingerprint density at radius 2 is 2.52 bits per heavy atom. The molecular formula is C15H21N3O3. The SMILES string of the molecule is CO[C@H]1CN(C(=O)/C=C/c2cnc[nH]2)CC[C@@]12CCCO2. The molecule has 0 bridgehead atoms. The normalized spacial score (nSPS) is 29.6. The summed E-state index contributed by atoms with van der Waals surface area (Å²) in [6.45, 7) is 2.10. The van der Waals surface area contributed by atoms with Crippen LogP contribution in [0.5, 0.6) is 0 Å². The van der Waals surface area contributed by atoms with Gasteiger partial charge in [-0.25, -0.2) is 4.98 Å². The highest BCUT2D eigenvalue weighted by Crippen LogP contribution is 2.37. The van der Waals surface area contributed by atoms with Crippen molar-refractivity contribution in [1.82, 2.24) is 14.9 Å². The van der Waals surface area contributed by atoms with E-state index < -0.39 is 0 Å². The number of ether oxygens (including phenoxy) is 2. The van der Waals surface area contributed by atoms with Gasteiger partial charge in [0.2, 0.25) is 5.91 Å². The van der Waals surface area contributed by atoms with E-state index >= 15 is 0 Å². The molecule has 1 N–H and O–H groups in total. The Hall–Kier alpha value is -1.66. The predicted molar refractivity (Wildman–Crippen MR) is 77.5 cm³/mol. The van der Waals surface area contributed by atoms with Crippen molar-refractivity contribution in [2.45, 2.75) is 31.0 Å². The van der Waals surface area contributed by atoms with Gasteiger partial charge >= 0.3 is 0 Å². The van der Waals surface area contributed by atoms with E-state index in [1.807, 2.05) is 4.90 Å². The number of carbonyl (C=O) groups is 1. The molecule has 1 aromatic rings. The molecule has 0 aliphatic carbocycles. The maximum absolute atomic E-state index is 12.3.